The smallest absolute Gasteiger partial charge is 0.345 e. The van der Waals surface area contributed by atoms with Gasteiger partial charge in [0.15, 0.2) is 6.10 Å². The first kappa shape index (κ1) is 23.1. The molecule has 0 saturated heterocycles. The lowest BCUT2D eigenvalue weighted by Crippen LogP contribution is -2.27. The van der Waals surface area contributed by atoms with Crippen molar-refractivity contribution < 1.29 is 29.6 Å². The molecule has 6 nitrogen and oxygen atoms in total. The molecule has 0 aliphatic carbocycles. The molecule has 3 unspecified atom stereocenters. The van der Waals surface area contributed by atoms with Crippen molar-refractivity contribution >= 4 is 11.9 Å². The van der Waals surface area contributed by atoms with Crippen LogP contribution >= 0.6 is 0 Å². The number of carboxylic acid groups (broad SMARTS) is 1. The first-order valence-corrected chi connectivity index (χ1v) is 9.79. The molecule has 0 bridgehead atoms. The van der Waals surface area contributed by atoms with E-state index in [1.807, 2.05) is 6.92 Å². The van der Waals surface area contributed by atoms with Gasteiger partial charge in [0.1, 0.15) is 0 Å². The fourth-order valence-corrected chi connectivity index (χ4v) is 2.92. The maximum atomic E-state index is 12.0. The zero-order valence-electron chi connectivity index (χ0n) is 16.0. The van der Waals surface area contributed by atoms with Crippen LogP contribution in [-0.2, 0) is 9.53 Å². The Morgan fingerprint density at radius 1 is 0.889 bits per heavy atom. The summed E-state index contributed by atoms with van der Waals surface area (Å²) in [5.41, 5.74) is 0.324. The summed E-state index contributed by atoms with van der Waals surface area (Å²) in [5.74, 6) is -1.81. The SMILES string of the molecule is CCCC(O)CCCC(O)CCCCC(OC(=O)c1ccccc1)C(=O)O. The zero-order chi connectivity index (χ0) is 20.1. The number of carbonyl (C=O) groups excluding carboxylic acids is 1. The Kier molecular flexibility index (Phi) is 11.4. The second-order valence-electron chi connectivity index (χ2n) is 6.91. The van der Waals surface area contributed by atoms with Crippen molar-refractivity contribution in [1.29, 1.82) is 0 Å². The Morgan fingerprint density at radius 3 is 2.04 bits per heavy atom. The number of ether oxygens (including phenoxy) is 1. The third kappa shape index (κ3) is 10.1. The molecular formula is C21H32O6. The van der Waals surface area contributed by atoms with Gasteiger partial charge >= 0.3 is 11.9 Å². The van der Waals surface area contributed by atoms with Crippen LogP contribution in [0.25, 0.3) is 0 Å². The molecule has 152 valence electrons. The van der Waals surface area contributed by atoms with Gasteiger partial charge in [-0.1, -0.05) is 38.0 Å². The normalized spacial score (nSPS) is 14.3. The minimum absolute atomic E-state index is 0.218. The molecule has 0 aliphatic heterocycles. The molecule has 1 rings (SSSR count). The summed E-state index contributed by atoms with van der Waals surface area (Å²) in [6, 6.07) is 8.30. The van der Waals surface area contributed by atoms with E-state index in [0.29, 0.717) is 37.7 Å². The second kappa shape index (κ2) is 13.3. The number of aliphatic carboxylic acids is 1. The van der Waals surface area contributed by atoms with Crippen molar-refractivity contribution in [3.63, 3.8) is 0 Å². The molecule has 1 aromatic carbocycles. The summed E-state index contributed by atoms with van der Waals surface area (Å²) >= 11 is 0. The highest BCUT2D eigenvalue weighted by Gasteiger charge is 2.22. The molecule has 1 aromatic rings. The summed E-state index contributed by atoms with van der Waals surface area (Å²) < 4.78 is 5.09. The summed E-state index contributed by atoms with van der Waals surface area (Å²) in [4.78, 5) is 23.3. The number of benzene rings is 1. The number of unbranched alkanes of at least 4 members (excludes halogenated alkanes) is 1. The van der Waals surface area contributed by atoms with Crippen LogP contribution in [0.15, 0.2) is 30.3 Å². The maximum Gasteiger partial charge on any atom is 0.345 e. The van der Waals surface area contributed by atoms with Crippen LogP contribution in [0.1, 0.15) is 75.1 Å². The quantitative estimate of drug-likeness (QED) is 0.337. The first-order chi connectivity index (χ1) is 12.9. The Labute approximate surface area is 161 Å². The van der Waals surface area contributed by atoms with E-state index in [1.165, 1.54) is 0 Å². The predicted octanol–water partition coefficient (Wildman–Crippen LogP) is 3.55. The molecule has 0 spiro atoms. The Hall–Kier alpha value is -1.92. The number of aliphatic hydroxyl groups excluding tert-OH is 2. The van der Waals surface area contributed by atoms with E-state index < -0.39 is 24.1 Å². The molecule has 6 heteroatoms. The van der Waals surface area contributed by atoms with Gasteiger partial charge in [0.05, 0.1) is 17.8 Å². The van der Waals surface area contributed by atoms with Crippen molar-refractivity contribution in [3.8, 4) is 0 Å². The number of carbonyl (C=O) groups is 2. The highest BCUT2D eigenvalue weighted by atomic mass is 16.6. The topological polar surface area (TPSA) is 104 Å². The highest BCUT2D eigenvalue weighted by Crippen LogP contribution is 2.15. The summed E-state index contributed by atoms with van der Waals surface area (Å²) in [5, 5.41) is 28.9. The molecule has 0 amide bonds. The molecule has 3 N–H and O–H groups in total. The minimum atomic E-state index is -1.18. The Morgan fingerprint density at radius 2 is 1.44 bits per heavy atom. The maximum absolute atomic E-state index is 12.0. The Balaban J connectivity index is 2.25. The van der Waals surface area contributed by atoms with Crippen molar-refractivity contribution in [3.05, 3.63) is 35.9 Å². The average molecular weight is 380 g/mol. The average Bonchev–Trinajstić information content (AvgIpc) is 2.64. The predicted molar refractivity (Wildman–Crippen MR) is 103 cm³/mol. The molecule has 0 fully saturated rings. The zero-order valence-corrected chi connectivity index (χ0v) is 16.0. The number of carboxylic acids is 1. The molecule has 0 heterocycles. The van der Waals surface area contributed by atoms with E-state index in [9.17, 15) is 24.9 Å². The Bertz CT molecular complexity index is 545. The molecule has 0 aromatic heterocycles. The van der Waals surface area contributed by atoms with Crippen molar-refractivity contribution in [2.24, 2.45) is 0 Å². The van der Waals surface area contributed by atoms with Crippen LogP contribution in [0.4, 0.5) is 0 Å². The van der Waals surface area contributed by atoms with E-state index in [1.54, 1.807) is 30.3 Å². The van der Waals surface area contributed by atoms with E-state index in [4.69, 9.17) is 4.74 Å². The van der Waals surface area contributed by atoms with E-state index in [2.05, 4.69) is 0 Å². The van der Waals surface area contributed by atoms with Gasteiger partial charge in [0, 0.05) is 0 Å². The molecule has 0 saturated carbocycles. The van der Waals surface area contributed by atoms with Crippen LogP contribution in [-0.4, -0.2) is 45.6 Å². The van der Waals surface area contributed by atoms with Gasteiger partial charge in [-0.2, -0.15) is 0 Å². The van der Waals surface area contributed by atoms with E-state index in [-0.39, 0.29) is 12.5 Å². The molecular weight excluding hydrogens is 348 g/mol. The fraction of sp³-hybridized carbons (Fsp3) is 0.619. The fourth-order valence-electron chi connectivity index (χ4n) is 2.92. The van der Waals surface area contributed by atoms with Crippen molar-refractivity contribution in [1.82, 2.24) is 0 Å². The van der Waals surface area contributed by atoms with Crippen LogP contribution in [0.3, 0.4) is 0 Å². The van der Waals surface area contributed by atoms with Gasteiger partial charge in [0.2, 0.25) is 0 Å². The van der Waals surface area contributed by atoms with Crippen LogP contribution in [0.2, 0.25) is 0 Å². The molecule has 0 radical (unpaired) electrons. The lowest BCUT2D eigenvalue weighted by Gasteiger charge is -2.15. The lowest BCUT2D eigenvalue weighted by atomic mass is 10.0. The summed E-state index contributed by atoms with van der Waals surface area (Å²) in [6.07, 6.45) is 3.91. The minimum Gasteiger partial charge on any atom is -0.479 e. The van der Waals surface area contributed by atoms with Crippen LogP contribution in [0, 0.1) is 0 Å². The van der Waals surface area contributed by atoms with Crippen LogP contribution in [0.5, 0.6) is 0 Å². The van der Waals surface area contributed by atoms with E-state index >= 15 is 0 Å². The second-order valence-corrected chi connectivity index (χ2v) is 6.91. The molecule has 27 heavy (non-hydrogen) atoms. The largest absolute Gasteiger partial charge is 0.479 e. The van der Waals surface area contributed by atoms with Crippen LogP contribution < -0.4 is 0 Å². The van der Waals surface area contributed by atoms with Gasteiger partial charge in [-0.05, 0) is 57.1 Å². The van der Waals surface area contributed by atoms with Gasteiger partial charge < -0.3 is 20.1 Å². The lowest BCUT2D eigenvalue weighted by molar-refractivity contribution is -0.147. The first-order valence-electron chi connectivity index (χ1n) is 9.79. The number of hydrogen-bond donors (Lipinski definition) is 3. The van der Waals surface area contributed by atoms with Gasteiger partial charge in [0.25, 0.3) is 0 Å². The van der Waals surface area contributed by atoms with Gasteiger partial charge in [-0.15, -0.1) is 0 Å². The number of aliphatic hydroxyl groups is 2. The third-order valence-corrected chi connectivity index (χ3v) is 4.48. The third-order valence-electron chi connectivity index (χ3n) is 4.48. The summed E-state index contributed by atoms with van der Waals surface area (Å²) in [7, 11) is 0. The number of rotatable bonds is 14. The standard InChI is InChI=1S/C21H32O6/c1-2-9-17(22)13-8-14-18(23)12-6-7-15-19(20(24)25)27-21(26)16-10-4-3-5-11-16/h3-5,10-11,17-19,22-23H,2,6-9,12-15H2,1H3,(H,24,25). The van der Waals surface area contributed by atoms with Gasteiger partial charge in [-0.25, -0.2) is 9.59 Å². The van der Waals surface area contributed by atoms with Gasteiger partial charge in [-0.3, -0.25) is 0 Å². The highest BCUT2D eigenvalue weighted by molar-refractivity contribution is 5.91. The number of hydrogen-bond acceptors (Lipinski definition) is 5. The summed E-state index contributed by atoms with van der Waals surface area (Å²) in [6.45, 7) is 2.03. The monoisotopic (exact) mass is 380 g/mol. The number of esters is 1. The molecule has 3 atom stereocenters. The van der Waals surface area contributed by atoms with E-state index in [0.717, 1.165) is 19.3 Å². The molecule has 0 aliphatic rings. The van der Waals surface area contributed by atoms with Crippen molar-refractivity contribution in [2.45, 2.75) is 83.0 Å². The van der Waals surface area contributed by atoms with Crippen molar-refractivity contribution in [2.75, 3.05) is 0 Å².